The lowest BCUT2D eigenvalue weighted by atomic mass is 9.97. The van der Waals surface area contributed by atoms with Gasteiger partial charge >= 0.3 is 6.03 Å². The average Bonchev–Trinajstić information content (AvgIpc) is 2.90. The number of carbonyl (C=O) groups is 1. The van der Waals surface area contributed by atoms with Crippen molar-refractivity contribution >= 4 is 17.6 Å². The van der Waals surface area contributed by atoms with E-state index in [2.05, 4.69) is 5.32 Å². The second-order valence-electron chi connectivity index (χ2n) is 7.14. The number of hydrogen-bond acceptors (Lipinski definition) is 2. The van der Waals surface area contributed by atoms with E-state index in [-0.39, 0.29) is 22.9 Å². The lowest BCUT2D eigenvalue weighted by Gasteiger charge is -2.34. The van der Waals surface area contributed by atoms with E-state index in [1.54, 1.807) is 24.1 Å². The Balaban J connectivity index is 1.82. The molecule has 2 aromatic carbocycles. The molecule has 1 fully saturated rings. The molecule has 1 heterocycles. The zero-order valence-corrected chi connectivity index (χ0v) is 16.8. The summed E-state index contributed by atoms with van der Waals surface area (Å²) in [6, 6.07) is 8.90. The Morgan fingerprint density at radius 1 is 1.25 bits per heavy atom. The number of urea groups is 1. The molecular formula is C21H24ClF2N3O. The van der Waals surface area contributed by atoms with Crippen LogP contribution in [0, 0.1) is 18.6 Å². The van der Waals surface area contributed by atoms with Crippen LogP contribution in [0.4, 0.5) is 13.6 Å². The van der Waals surface area contributed by atoms with Gasteiger partial charge in [-0.15, -0.1) is 0 Å². The highest BCUT2D eigenvalue weighted by Crippen LogP contribution is 2.29. The van der Waals surface area contributed by atoms with Crippen LogP contribution >= 0.6 is 11.6 Å². The molecular weight excluding hydrogens is 384 g/mol. The molecule has 0 radical (unpaired) electrons. The van der Waals surface area contributed by atoms with Gasteiger partial charge in [-0.2, -0.15) is 0 Å². The van der Waals surface area contributed by atoms with E-state index in [1.165, 1.54) is 24.3 Å². The van der Waals surface area contributed by atoms with Gasteiger partial charge in [0.05, 0.1) is 11.1 Å². The van der Waals surface area contributed by atoms with Crippen molar-refractivity contribution in [3.05, 3.63) is 69.7 Å². The van der Waals surface area contributed by atoms with E-state index in [0.29, 0.717) is 19.6 Å². The zero-order chi connectivity index (χ0) is 20.3. The summed E-state index contributed by atoms with van der Waals surface area (Å²) in [5.41, 5.74) is 2.54. The minimum absolute atomic E-state index is 0.0390. The monoisotopic (exact) mass is 407 g/mol. The molecule has 0 aromatic heterocycles. The van der Waals surface area contributed by atoms with Crippen molar-refractivity contribution in [2.75, 3.05) is 26.7 Å². The van der Waals surface area contributed by atoms with Crippen LogP contribution in [-0.4, -0.2) is 42.5 Å². The number of amides is 2. The Morgan fingerprint density at radius 3 is 2.75 bits per heavy atom. The maximum atomic E-state index is 13.5. The predicted molar refractivity (Wildman–Crippen MR) is 106 cm³/mol. The summed E-state index contributed by atoms with van der Waals surface area (Å²) in [6.07, 6.45) is 0.744. The van der Waals surface area contributed by atoms with Crippen molar-refractivity contribution in [2.45, 2.75) is 25.9 Å². The fourth-order valence-corrected chi connectivity index (χ4v) is 3.84. The number of nitrogens with zero attached hydrogens (tertiary/aromatic N) is 2. The second-order valence-corrected chi connectivity index (χ2v) is 7.54. The first-order valence-electron chi connectivity index (χ1n) is 9.29. The minimum Gasteiger partial charge on any atom is -0.323 e. The summed E-state index contributed by atoms with van der Waals surface area (Å²) in [4.78, 5) is 16.6. The fourth-order valence-electron chi connectivity index (χ4n) is 3.64. The highest BCUT2D eigenvalue weighted by Gasteiger charge is 2.29. The van der Waals surface area contributed by atoms with Crippen molar-refractivity contribution in [2.24, 2.45) is 0 Å². The van der Waals surface area contributed by atoms with E-state index < -0.39 is 5.82 Å². The van der Waals surface area contributed by atoms with Crippen molar-refractivity contribution < 1.29 is 13.6 Å². The van der Waals surface area contributed by atoms with Crippen LogP contribution < -0.4 is 5.32 Å². The van der Waals surface area contributed by atoms with Crippen LogP contribution in [0.2, 0.25) is 5.02 Å². The molecule has 1 saturated heterocycles. The molecule has 150 valence electrons. The molecule has 1 aliphatic heterocycles. The summed E-state index contributed by atoms with van der Waals surface area (Å²) in [6.45, 7) is 4.21. The summed E-state index contributed by atoms with van der Waals surface area (Å²) in [7, 11) is 1.71. The maximum absolute atomic E-state index is 13.5. The molecule has 2 amide bonds. The van der Waals surface area contributed by atoms with E-state index >= 15 is 0 Å². The maximum Gasteiger partial charge on any atom is 0.320 e. The van der Waals surface area contributed by atoms with Crippen LogP contribution in [0.1, 0.15) is 29.2 Å². The number of carbonyl (C=O) groups excluding carboxylic acids is 1. The van der Waals surface area contributed by atoms with E-state index in [1.807, 2.05) is 11.8 Å². The standard InChI is InChI=1S/C21H24ClF2N3O/c1-14-11-16(23)4-5-17(14)20-7-8-25-9-10-27(20)21(28)26(2)13-15-3-6-19(24)18(22)12-15/h3-6,11-12,20,25H,7-10,13H2,1-2H3/t20-/m1/s1. The normalized spacial score (nSPS) is 17.3. The Labute approximate surface area is 169 Å². The molecule has 7 heteroatoms. The van der Waals surface area contributed by atoms with Gasteiger partial charge < -0.3 is 15.1 Å². The van der Waals surface area contributed by atoms with Crippen molar-refractivity contribution in [1.29, 1.82) is 0 Å². The third-order valence-corrected chi connectivity index (χ3v) is 5.36. The molecule has 0 aliphatic carbocycles. The number of benzene rings is 2. The third kappa shape index (κ3) is 4.62. The molecule has 0 bridgehead atoms. The van der Waals surface area contributed by atoms with Gasteiger partial charge in [-0.1, -0.05) is 23.7 Å². The van der Waals surface area contributed by atoms with Crippen molar-refractivity contribution in [1.82, 2.24) is 15.1 Å². The largest absolute Gasteiger partial charge is 0.323 e. The molecule has 28 heavy (non-hydrogen) atoms. The summed E-state index contributed by atoms with van der Waals surface area (Å²) in [5, 5.41) is 3.36. The van der Waals surface area contributed by atoms with Crippen LogP contribution in [0.5, 0.6) is 0 Å². The van der Waals surface area contributed by atoms with Gasteiger partial charge in [0.2, 0.25) is 0 Å². The Morgan fingerprint density at radius 2 is 2.04 bits per heavy atom. The molecule has 0 unspecified atom stereocenters. The summed E-state index contributed by atoms with van der Waals surface area (Å²) in [5.74, 6) is -0.763. The van der Waals surface area contributed by atoms with E-state index in [4.69, 9.17) is 11.6 Å². The highest BCUT2D eigenvalue weighted by molar-refractivity contribution is 6.30. The van der Waals surface area contributed by atoms with Gasteiger partial charge in [0.1, 0.15) is 11.6 Å². The van der Waals surface area contributed by atoms with Crippen LogP contribution in [0.15, 0.2) is 36.4 Å². The van der Waals surface area contributed by atoms with Gasteiger partial charge in [0.25, 0.3) is 0 Å². The number of halogens is 3. The first-order chi connectivity index (χ1) is 13.4. The highest BCUT2D eigenvalue weighted by atomic mass is 35.5. The van der Waals surface area contributed by atoms with Gasteiger partial charge in [-0.25, -0.2) is 13.6 Å². The Kier molecular flexibility index (Phi) is 6.52. The lowest BCUT2D eigenvalue weighted by molar-refractivity contribution is 0.142. The molecule has 3 rings (SSSR count). The fraction of sp³-hybridized carbons (Fsp3) is 0.381. The smallest absolute Gasteiger partial charge is 0.320 e. The first kappa shape index (κ1) is 20.6. The summed E-state index contributed by atoms with van der Waals surface area (Å²) < 4.78 is 26.9. The Hall–Kier alpha value is -2.18. The molecule has 2 aromatic rings. The topological polar surface area (TPSA) is 35.6 Å². The third-order valence-electron chi connectivity index (χ3n) is 5.07. The quantitative estimate of drug-likeness (QED) is 0.812. The zero-order valence-electron chi connectivity index (χ0n) is 16.0. The van der Waals surface area contributed by atoms with Gasteiger partial charge in [-0.3, -0.25) is 0 Å². The van der Waals surface area contributed by atoms with Crippen LogP contribution in [0.3, 0.4) is 0 Å². The molecule has 4 nitrogen and oxygen atoms in total. The Bertz CT molecular complexity index is 862. The predicted octanol–water partition coefficient (Wildman–Crippen LogP) is 4.52. The van der Waals surface area contributed by atoms with Gasteiger partial charge in [0, 0.05) is 26.7 Å². The average molecular weight is 408 g/mol. The second kappa shape index (κ2) is 8.88. The molecule has 1 aliphatic rings. The number of nitrogens with one attached hydrogen (secondary N) is 1. The van der Waals surface area contributed by atoms with Gasteiger partial charge in [0.15, 0.2) is 0 Å². The molecule has 1 atom stereocenters. The summed E-state index contributed by atoms with van der Waals surface area (Å²) >= 11 is 5.85. The van der Waals surface area contributed by atoms with Crippen LogP contribution in [-0.2, 0) is 6.54 Å². The van der Waals surface area contributed by atoms with Crippen molar-refractivity contribution in [3.8, 4) is 0 Å². The van der Waals surface area contributed by atoms with Crippen molar-refractivity contribution in [3.63, 3.8) is 0 Å². The number of hydrogen-bond donors (Lipinski definition) is 1. The SMILES string of the molecule is Cc1cc(F)ccc1[C@H]1CCNCCN1C(=O)N(C)Cc1ccc(F)c(Cl)c1. The van der Waals surface area contributed by atoms with E-state index in [0.717, 1.165) is 29.7 Å². The number of aryl methyl sites for hydroxylation is 1. The molecule has 0 spiro atoms. The number of rotatable bonds is 3. The first-order valence-corrected chi connectivity index (χ1v) is 9.67. The minimum atomic E-state index is -0.482. The van der Waals surface area contributed by atoms with Crippen LogP contribution in [0.25, 0.3) is 0 Å². The molecule has 1 N–H and O–H groups in total. The van der Waals surface area contributed by atoms with E-state index in [9.17, 15) is 13.6 Å². The van der Waals surface area contributed by atoms with Gasteiger partial charge in [-0.05, 0) is 60.8 Å². The molecule has 0 saturated carbocycles. The lowest BCUT2D eigenvalue weighted by Crippen LogP contribution is -2.44.